The number of aliphatic hydroxyl groups excluding tert-OH is 2. The third-order valence-corrected chi connectivity index (χ3v) is 8.36. The van der Waals surface area contributed by atoms with Crippen LogP contribution >= 0.6 is 0 Å². The van der Waals surface area contributed by atoms with E-state index in [4.69, 9.17) is 0 Å². The maximum absolute atomic E-state index is 12.4. The molecule has 4 heteroatoms. The molecule has 0 heterocycles. The molecule has 4 aliphatic rings. The maximum atomic E-state index is 12.4. The molecular formula is C22H30O4. The molecule has 0 saturated heterocycles. The van der Waals surface area contributed by atoms with Gasteiger partial charge >= 0.3 is 0 Å². The van der Waals surface area contributed by atoms with Crippen LogP contribution in [-0.2, 0) is 9.59 Å². The van der Waals surface area contributed by atoms with Crippen LogP contribution in [0.4, 0.5) is 0 Å². The molecule has 0 radical (unpaired) electrons. The van der Waals surface area contributed by atoms with Gasteiger partial charge in [-0.25, -0.2) is 0 Å². The Morgan fingerprint density at radius 3 is 2.77 bits per heavy atom. The van der Waals surface area contributed by atoms with Crippen molar-refractivity contribution in [3.8, 4) is 0 Å². The molecule has 4 rings (SSSR count). The molecule has 3 saturated carbocycles. The highest BCUT2D eigenvalue weighted by Gasteiger charge is 2.63. The first-order valence-corrected chi connectivity index (χ1v) is 9.95. The van der Waals surface area contributed by atoms with Crippen molar-refractivity contribution in [2.24, 2.45) is 34.5 Å². The number of allylic oxidation sites excluding steroid dienone is 2. The average molecular weight is 358 g/mol. The van der Waals surface area contributed by atoms with E-state index in [1.807, 2.05) is 6.08 Å². The lowest BCUT2D eigenvalue weighted by molar-refractivity contribution is -0.145. The number of fused-ring (bicyclic) bond motifs is 5. The molecule has 0 aromatic rings. The van der Waals surface area contributed by atoms with Crippen molar-refractivity contribution < 1.29 is 19.8 Å². The number of carbonyl (C=O) groups excluding carboxylic acids is 2. The predicted octanol–water partition coefficient (Wildman–Crippen LogP) is 2.83. The molecule has 4 aliphatic carbocycles. The Balaban J connectivity index is 1.74. The van der Waals surface area contributed by atoms with E-state index in [0.29, 0.717) is 24.7 Å². The normalized spacial score (nSPS) is 47.7. The first-order valence-electron chi connectivity index (χ1n) is 9.95. The van der Waals surface area contributed by atoms with Gasteiger partial charge in [0.2, 0.25) is 0 Å². The van der Waals surface area contributed by atoms with Gasteiger partial charge in [0.05, 0.1) is 6.10 Å². The maximum Gasteiger partial charge on any atom is 0.165 e. The van der Waals surface area contributed by atoms with Crippen LogP contribution < -0.4 is 0 Å². The van der Waals surface area contributed by atoms with Crippen LogP contribution in [-0.4, -0.2) is 34.5 Å². The number of ketones is 2. The lowest BCUT2D eigenvalue weighted by atomic mass is 9.46. The summed E-state index contributed by atoms with van der Waals surface area (Å²) in [5, 5.41) is 20.7. The van der Waals surface area contributed by atoms with Crippen LogP contribution in [0.15, 0.2) is 23.8 Å². The summed E-state index contributed by atoms with van der Waals surface area (Å²) in [4.78, 5) is 24.4. The molecule has 7 atom stereocenters. The second kappa shape index (κ2) is 5.87. The van der Waals surface area contributed by atoms with E-state index in [2.05, 4.69) is 20.4 Å². The third kappa shape index (κ3) is 2.27. The van der Waals surface area contributed by atoms with Crippen LogP contribution in [0.3, 0.4) is 0 Å². The van der Waals surface area contributed by atoms with Crippen molar-refractivity contribution in [2.45, 2.75) is 58.5 Å². The number of Topliss-reactive ketones (excluding diaryl/α,β-unsaturated/α-hetero) is 1. The van der Waals surface area contributed by atoms with E-state index in [0.717, 1.165) is 31.3 Å². The SMILES string of the molecule is C=C1C[C@H]2[C@@H]3CCC4=CC(=O)CC[C@]4(C)[C@H]3C(O)C[C@]2(C)[C@H]1C(=O)CO. The van der Waals surface area contributed by atoms with Crippen molar-refractivity contribution >= 4 is 11.6 Å². The summed E-state index contributed by atoms with van der Waals surface area (Å²) >= 11 is 0. The van der Waals surface area contributed by atoms with E-state index in [1.54, 1.807) is 0 Å². The van der Waals surface area contributed by atoms with Gasteiger partial charge in [0.15, 0.2) is 11.6 Å². The number of hydrogen-bond acceptors (Lipinski definition) is 4. The Morgan fingerprint density at radius 2 is 2.08 bits per heavy atom. The second-order valence-corrected chi connectivity index (χ2v) is 9.59. The molecule has 1 unspecified atom stereocenters. The minimum atomic E-state index is -0.483. The lowest BCUT2D eigenvalue weighted by Crippen LogP contribution is -2.57. The molecule has 2 N–H and O–H groups in total. The van der Waals surface area contributed by atoms with Gasteiger partial charge in [0.1, 0.15) is 6.61 Å². The van der Waals surface area contributed by atoms with Gasteiger partial charge in [0, 0.05) is 12.3 Å². The first-order chi connectivity index (χ1) is 12.2. The zero-order valence-electron chi connectivity index (χ0n) is 15.8. The lowest BCUT2D eigenvalue weighted by Gasteiger charge is -2.59. The summed E-state index contributed by atoms with van der Waals surface area (Å²) in [7, 11) is 0. The Kier molecular flexibility index (Phi) is 4.09. The zero-order valence-corrected chi connectivity index (χ0v) is 15.8. The Labute approximate surface area is 155 Å². The molecule has 0 aliphatic heterocycles. The monoisotopic (exact) mass is 358 g/mol. The smallest absolute Gasteiger partial charge is 0.165 e. The largest absolute Gasteiger partial charge is 0.393 e. The van der Waals surface area contributed by atoms with E-state index in [-0.39, 0.29) is 34.2 Å². The summed E-state index contributed by atoms with van der Waals surface area (Å²) in [5.74, 6) is 0.521. The van der Waals surface area contributed by atoms with Crippen LogP contribution in [0.25, 0.3) is 0 Å². The quantitative estimate of drug-likeness (QED) is 0.745. The molecule has 0 aromatic heterocycles. The average Bonchev–Trinajstić information content (AvgIpc) is 2.84. The minimum absolute atomic E-state index is 0.113. The Bertz CT molecular complexity index is 707. The summed E-state index contributed by atoms with van der Waals surface area (Å²) in [6, 6.07) is 0. The highest BCUT2D eigenvalue weighted by Crippen LogP contribution is 2.67. The Hall–Kier alpha value is -1.26. The van der Waals surface area contributed by atoms with E-state index in [9.17, 15) is 19.8 Å². The predicted molar refractivity (Wildman–Crippen MR) is 98.2 cm³/mol. The molecule has 0 amide bonds. The van der Waals surface area contributed by atoms with Gasteiger partial charge < -0.3 is 10.2 Å². The van der Waals surface area contributed by atoms with Gasteiger partial charge in [-0.3, -0.25) is 9.59 Å². The summed E-state index contributed by atoms with van der Waals surface area (Å²) in [6.45, 7) is 8.07. The standard InChI is InChI=1S/C22H30O4/c1-12-8-16-15-5-4-13-9-14(24)6-7-21(13,2)20(15)17(25)10-22(16,3)19(12)18(26)11-23/h9,15-17,19-20,23,25H,1,4-8,10-11H2,2-3H3/t15-,16-,17?,19+,20+,21-,22-/m0/s1. The van der Waals surface area contributed by atoms with E-state index < -0.39 is 12.7 Å². The molecule has 142 valence electrons. The van der Waals surface area contributed by atoms with Gasteiger partial charge in [-0.05, 0) is 66.8 Å². The number of hydrogen-bond donors (Lipinski definition) is 2. The highest BCUT2D eigenvalue weighted by atomic mass is 16.3. The van der Waals surface area contributed by atoms with Crippen molar-refractivity contribution in [1.82, 2.24) is 0 Å². The molecule has 0 spiro atoms. The number of rotatable bonds is 2. The minimum Gasteiger partial charge on any atom is -0.393 e. The molecular weight excluding hydrogens is 328 g/mol. The number of aliphatic hydroxyl groups is 2. The summed E-state index contributed by atoms with van der Waals surface area (Å²) < 4.78 is 0. The van der Waals surface area contributed by atoms with Crippen molar-refractivity contribution in [2.75, 3.05) is 6.61 Å². The molecule has 0 bridgehead atoms. The van der Waals surface area contributed by atoms with Crippen molar-refractivity contribution in [1.29, 1.82) is 0 Å². The second-order valence-electron chi connectivity index (χ2n) is 9.59. The summed E-state index contributed by atoms with van der Waals surface area (Å²) in [6.07, 6.45) is 6.00. The fourth-order valence-corrected chi connectivity index (χ4v) is 7.34. The topological polar surface area (TPSA) is 74.6 Å². The van der Waals surface area contributed by atoms with Crippen LogP contribution in [0, 0.1) is 34.5 Å². The van der Waals surface area contributed by atoms with Gasteiger partial charge in [-0.1, -0.05) is 31.6 Å². The van der Waals surface area contributed by atoms with E-state index >= 15 is 0 Å². The number of carbonyl (C=O) groups is 2. The molecule has 3 fully saturated rings. The third-order valence-electron chi connectivity index (χ3n) is 8.36. The molecule has 26 heavy (non-hydrogen) atoms. The molecule has 0 aromatic carbocycles. The van der Waals surface area contributed by atoms with Crippen LogP contribution in [0.1, 0.15) is 52.4 Å². The highest BCUT2D eigenvalue weighted by molar-refractivity contribution is 5.91. The van der Waals surface area contributed by atoms with Crippen LogP contribution in [0.2, 0.25) is 0 Å². The van der Waals surface area contributed by atoms with Gasteiger partial charge in [-0.2, -0.15) is 0 Å². The fourth-order valence-electron chi connectivity index (χ4n) is 7.34. The first kappa shape index (κ1) is 18.1. The summed E-state index contributed by atoms with van der Waals surface area (Å²) in [5.41, 5.74) is 1.71. The van der Waals surface area contributed by atoms with Crippen molar-refractivity contribution in [3.63, 3.8) is 0 Å². The van der Waals surface area contributed by atoms with Crippen molar-refractivity contribution in [3.05, 3.63) is 23.8 Å². The Morgan fingerprint density at radius 1 is 1.35 bits per heavy atom. The zero-order chi connectivity index (χ0) is 18.9. The van der Waals surface area contributed by atoms with Gasteiger partial charge in [-0.15, -0.1) is 0 Å². The fraction of sp³-hybridized carbons (Fsp3) is 0.727. The molecule has 4 nitrogen and oxygen atoms in total. The van der Waals surface area contributed by atoms with Gasteiger partial charge in [0.25, 0.3) is 0 Å². The van der Waals surface area contributed by atoms with E-state index in [1.165, 1.54) is 5.57 Å². The van der Waals surface area contributed by atoms with Crippen LogP contribution in [0.5, 0.6) is 0 Å².